The lowest BCUT2D eigenvalue weighted by Gasteiger charge is -2.15. The van der Waals surface area contributed by atoms with Crippen LogP contribution < -0.4 is 5.56 Å². The number of nitrogens with one attached hydrogen (secondary N) is 2. The van der Waals surface area contributed by atoms with Crippen molar-refractivity contribution in [2.75, 3.05) is 13.1 Å². The Kier molecular flexibility index (Phi) is 3.31. The first-order valence-corrected chi connectivity index (χ1v) is 7.75. The number of hydrogen-bond acceptors (Lipinski definition) is 2. The summed E-state index contributed by atoms with van der Waals surface area (Å²) < 4.78 is 0. The molecule has 4 nitrogen and oxygen atoms in total. The second-order valence-electron chi connectivity index (χ2n) is 6.07. The second-order valence-corrected chi connectivity index (χ2v) is 6.07. The number of likely N-dealkylation sites (tertiary alicyclic amines) is 1. The monoisotopic (exact) mass is 293 g/mol. The molecular formula is C18H19N3O. The summed E-state index contributed by atoms with van der Waals surface area (Å²) in [5, 5.41) is 1.31. The normalized spacial score (nSPS) is 19.0. The molecule has 2 aromatic heterocycles. The van der Waals surface area contributed by atoms with Crippen molar-refractivity contribution in [3.05, 3.63) is 70.3 Å². The highest BCUT2D eigenvalue weighted by molar-refractivity contribution is 5.82. The zero-order chi connectivity index (χ0) is 14.9. The quantitative estimate of drug-likeness (QED) is 0.780. The highest BCUT2D eigenvalue weighted by Crippen LogP contribution is 2.28. The van der Waals surface area contributed by atoms with Gasteiger partial charge in [-0.3, -0.25) is 9.69 Å². The average Bonchev–Trinajstić information content (AvgIpc) is 3.16. The van der Waals surface area contributed by atoms with Gasteiger partial charge in [0, 0.05) is 42.5 Å². The standard InChI is InChI=1S/C18H19N3O/c22-18-6-5-13(9-20-18)14-7-8-21(11-14)12-15-10-19-17-4-2-1-3-16(15)17/h1-6,9-10,14,19H,7-8,11-12H2,(H,20,22). The first-order valence-electron chi connectivity index (χ1n) is 7.75. The zero-order valence-electron chi connectivity index (χ0n) is 12.4. The third kappa shape index (κ3) is 2.46. The van der Waals surface area contributed by atoms with E-state index in [0.717, 1.165) is 26.1 Å². The van der Waals surface area contributed by atoms with Gasteiger partial charge >= 0.3 is 0 Å². The number of fused-ring (bicyclic) bond motifs is 1. The SMILES string of the molecule is O=c1ccc(C2CCN(Cc3c[nH]c4ccccc34)C2)c[nH]1. The predicted molar refractivity (Wildman–Crippen MR) is 88.0 cm³/mol. The van der Waals surface area contributed by atoms with Gasteiger partial charge in [0.25, 0.3) is 0 Å². The largest absolute Gasteiger partial charge is 0.361 e. The van der Waals surface area contributed by atoms with E-state index in [1.807, 2.05) is 12.3 Å². The van der Waals surface area contributed by atoms with Gasteiger partial charge in [-0.25, -0.2) is 0 Å². The summed E-state index contributed by atoms with van der Waals surface area (Å²) in [5.74, 6) is 0.516. The lowest BCUT2D eigenvalue weighted by Crippen LogP contribution is -2.19. The molecule has 0 amide bonds. The highest BCUT2D eigenvalue weighted by atomic mass is 16.1. The minimum atomic E-state index is -0.0302. The summed E-state index contributed by atoms with van der Waals surface area (Å²) in [4.78, 5) is 19.8. The van der Waals surface area contributed by atoms with Crippen LogP contribution in [0.4, 0.5) is 0 Å². The first-order chi connectivity index (χ1) is 10.8. The molecule has 0 bridgehead atoms. The Morgan fingerprint density at radius 2 is 2.00 bits per heavy atom. The second kappa shape index (κ2) is 5.46. The van der Waals surface area contributed by atoms with Gasteiger partial charge in [-0.05, 0) is 36.1 Å². The molecule has 0 spiro atoms. The fraction of sp³-hybridized carbons (Fsp3) is 0.278. The van der Waals surface area contributed by atoms with Gasteiger partial charge in [0.15, 0.2) is 0 Å². The number of benzene rings is 1. The van der Waals surface area contributed by atoms with Crippen LogP contribution in [0.15, 0.2) is 53.6 Å². The van der Waals surface area contributed by atoms with Crippen molar-refractivity contribution in [1.82, 2.24) is 14.9 Å². The lowest BCUT2D eigenvalue weighted by atomic mass is 10.0. The minimum absolute atomic E-state index is 0.0302. The molecule has 3 aromatic rings. The van der Waals surface area contributed by atoms with Crippen molar-refractivity contribution in [2.45, 2.75) is 18.9 Å². The maximum absolute atomic E-state index is 11.2. The summed E-state index contributed by atoms with van der Waals surface area (Å²) in [6.07, 6.45) is 5.13. The molecule has 22 heavy (non-hydrogen) atoms. The van der Waals surface area contributed by atoms with Crippen molar-refractivity contribution < 1.29 is 0 Å². The van der Waals surface area contributed by atoms with E-state index in [-0.39, 0.29) is 5.56 Å². The maximum atomic E-state index is 11.2. The van der Waals surface area contributed by atoms with Crippen molar-refractivity contribution >= 4 is 10.9 Å². The van der Waals surface area contributed by atoms with Crippen LogP contribution in [0.3, 0.4) is 0 Å². The Labute approximate surface area is 128 Å². The first kappa shape index (κ1) is 13.3. The molecule has 0 radical (unpaired) electrons. The number of pyridine rings is 1. The summed E-state index contributed by atoms with van der Waals surface area (Å²) in [6, 6.07) is 12.0. The molecular weight excluding hydrogens is 274 g/mol. The van der Waals surface area contributed by atoms with E-state index >= 15 is 0 Å². The molecule has 4 heteroatoms. The van der Waals surface area contributed by atoms with Gasteiger partial charge in [0.1, 0.15) is 0 Å². The van der Waals surface area contributed by atoms with Crippen LogP contribution in [-0.4, -0.2) is 28.0 Å². The number of hydrogen-bond donors (Lipinski definition) is 2. The van der Waals surface area contributed by atoms with Crippen molar-refractivity contribution in [3.63, 3.8) is 0 Å². The van der Waals surface area contributed by atoms with E-state index in [1.165, 1.54) is 22.0 Å². The maximum Gasteiger partial charge on any atom is 0.247 e. The summed E-state index contributed by atoms with van der Waals surface area (Å²) >= 11 is 0. The molecule has 1 unspecified atom stereocenters. The van der Waals surface area contributed by atoms with Crippen molar-refractivity contribution in [1.29, 1.82) is 0 Å². The van der Waals surface area contributed by atoms with Gasteiger partial charge in [-0.1, -0.05) is 24.3 Å². The van der Waals surface area contributed by atoms with E-state index in [1.54, 1.807) is 6.07 Å². The third-order valence-corrected chi connectivity index (χ3v) is 4.62. The number of rotatable bonds is 3. The number of nitrogens with zero attached hydrogens (tertiary/aromatic N) is 1. The molecule has 112 valence electrons. The van der Waals surface area contributed by atoms with Gasteiger partial charge < -0.3 is 9.97 Å². The van der Waals surface area contributed by atoms with Crippen molar-refractivity contribution in [3.8, 4) is 0 Å². The Balaban J connectivity index is 1.49. The third-order valence-electron chi connectivity index (χ3n) is 4.62. The Morgan fingerprint density at radius 3 is 2.86 bits per heavy atom. The number of aromatic nitrogens is 2. The van der Waals surface area contributed by atoms with Gasteiger partial charge in [0.2, 0.25) is 5.56 Å². The molecule has 1 atom stereocenters. The van der Waals surface area contributed by atoms with Crippen LogP contribution >= 0.6 is 0 Å². The summed E-state index contributed by atoms with van der Waals surface area (Å²) in [6.45, 7) is 3.12. The topological polar surface area (TPSA) is 51.9 Å². The summed E-state index contributed by atoms with van der Waals surface area (Å²) in [7, 11) is 0. The van der Waals surface area contributed by atoms with Gasteiger partial charge in [-0.15, -0.1) is 0 Å². The van der Waals surface area contributed by atoms with Crippen LogP contribution in [0.2, 0.25) is 0 Å². The fourth-order valence-corrected chi connectivity index (χ4v) is 3.43. The number of para-hydroxylation sites is 1. The smallest absolute Gasteiger partial charge is 0.247 e. The van der Waals surface area contributed by atoms with Crippen LogP contribution in [0.5, 0.6) is 0 Å². The molecule has 1 fully saturated rings. The van der Waals surface area contributed by atoms with Gasteiger partial charge in [0.05, 0.1) is 0 Å². The minimum Gasteiger partial charge on any atom is -0.361 e. The van der Waals surface area contributed by atoms with E-state index in [0.29, 0.717) is 5.92 Å². The van der Waals surface area contributed by atoms with E-state index in [2.05, 4.69) is 45.3 Å². The van der Waals surface area contributed by atoms with Crippen molar-refractivity contribution in [2.24, 2.45) is 0 Å². The lowest BCUT2D eigenvalue weighted by molar-refractivity contribution is 0.328. The van der Waals surface area contributed by atoms with Crippen LogP contribution in [0.1, 0.15) is 23.5 Å². The molecule has 4 rings (SSSR count). The van der Waals surface area contributed by atoms with Crippen LogP contribution in [-0.2, 0) is 6.54 Å². The fourth-order valence-electron chi connectivity index (χ4n) is 3.43. The molecule has 1 saturated heterocycles. The number of H-pyrrole nitrogens is 2. The molecule has 1 aliphatic heterocycles. The zero-order valence-corrected chi connectivity index (χ0v) is 12.4. The summed E-state index contributed by atoms with van der Waals surface area (Å²) in [5.41, 5.74) is 3.77. The molecule has 3 heterocycles. The molecule has 2 N–H and O–H groups in total. The van der Waals surface area contributed by atoms with Crippen LogP contribution in [0, 0.1) is 0 Å². The molecule has 0 saturated carbocycles. The molecule has 1 aromatic carbocycles. The predicted octanol–water partition coefficient (Wildman–Crippen LogP) is 2.85. The van der Waals surface area contributed by atoms with E-state index in [4.69, 9.17) is 0 Å². The Morgan fingerprint density at radius 1 is 1.09 bits per heavy atom. The van der Waals surface area contributed by atoms with E-state index < -0.39 is 0 Å². The highest BCUT2D eigenvalue weighted by Gasteiger charge is 2.24. The Bertz CT molecular complexity index is 828. The molecule has 1 aliphatic rings. The molecule has 0 aliphatic carbocycles. The number of aromatic amines is 2. The Hall–Kier alpha value is -2.33. The van der Waals surface area contributed by atoms with Crippen LogP contribution in [0.25, 0.3) is 10.9 Å². The van der Waals surface area contributed by atoms with E-state index in [9.17, 15) is 4.79 Å². The van der Waals surface area contributed by atoms with Gasteiger partial charge in [-0.2, -0.15) is 0 Å². The average molecular weight is 293 g/mol.